The van der Waals surface area contributed by atoms with Gasteiger partial charge in [0, 0.05) is 6.07 Å². The molecule has 122 valence electrons. The molecule has 2 rings (SSSR count). The summed E-state index contributed by atoms with van der Waals surface area (Å²) in [5.74, 6) is 5.34. The van der Waals surface area contributed by atoms with E-state index >= 15 is 0 Å². The van der Waals surface area contributed by atoms with Gasteiger partial charge in [0.15, 0.2) is 0 Å². The second kappa shape index (κ2) is 8.14. The highest BCUT2D eigenvalue weighted by Gasteiger charge is 2.08. The van der Waals surface area contributed by atoms with Crippen LogP contribution in [0.25, 0.3) is 0 Å². The number of alkyl carbamates (subject to hydrolysis) is 1. The van der Waals surface area contributed by atoms with Gasteiger partial charge in [0.25, 0.3) is 5.69 Å². The molecule has 8 nitrogen and oxygen atoms in total. The molecule has 0 bridgehead atoms. The average Bonchev–Trinajstić information content (AvgIpc) is 2.59. The molecule has 0 saturated carbocycles. The maximum atomic E-state index is 11.5. The van der Waals surface area contributed by atoms with Crippen molar-refractivity contribution >= 4 is 17.6 Å². The molecule has 1 heterocycles. The van der Waals surface area contributed by atoms with Crippen LogP contribution in [0.1, 0.15) is 11.1 Å². The number of amides is 1. The van der Waals surface area contributed by atoms with Crippen molar-refractivity contribution in [2.24, 2.45) is 0 Å². The summed E-state index contributed by atoms with van der Waals surface area (Å²) in [6.07, 6.45) is 0.443. The van der Waals surface area contributed by atoms with Crippen LogP contribution in [0.3, 0.4) is 0 Å². The molecular weight excluding hydrogens is 312 g/mol. The number of hydrogen-bond donors (Lipinski definition) is 2. The fraction of sp³-hybridized carbons (Fsp3) is 0.125. The number of carbonyl (C=O) groups excluding carboxylic acids is 1. The smallest absolute Gasteiger partial charge is 0.408 e. The van der Waals surface area contributed by atoms with Crippen LogP contribution in [0.5, 0.6) is 0 Å². The number of hydrogen-bond acceptors (Lipinski definition) is 6. The Morgan fingerprint density at radius 1 is 1.38 bits per heavy atom. The van der Waals surface area contributed by atoms with Crippen LogP contribution in [0.2, 0.25) is 0 Å². The van der Waals surface area contributed by atoms with Crippen LogP contribution in [-0.2, 0) is 11.3 Å². The third kappa shape index (κ3) is 4.99. The van der Waals surface area contributed by atoms with E-state index in [4.69, 9.17) is 10.5 Å². The molecule has 24 heavy (non-hydrogen) atoms. The van der Waals surface area contributed by atoms with E-state index in [9.17, 15) is 14.9 Å². The van der Waals surface area contributed by atoms with Gasteiger partial charge in [-0.25, -0.2) is 9.78 Å². The van der Waals surface area contributed by atoms with Crippen molar-refractivity contribution < 1.29 is 14.5 Å². The molecule has 0 radical (unpaired) electrons. The van der Waals surface area contributed by atoms with Gasteiger partial charge in [0.1, 0.15) is 18.6 Å². The molecular formula is C16H14N4O4. The normalized spacial score (nSPS) is 9.50. The van der Waals surface area contributed by atoms with Crippen molar-refractivity contribution in [2.75, 3.05) is 12.3 Å². The molecule has 0 aliphatic heterocycles. The molecule has 0 aliphatic rings. The lowest BCUT2D eigenvalue weighted by atomic mass is 10.2. The lowest BCUT2D eigenvalue weighted by Gasteiger charge is -2.04. The summed E-state index contributed by atoms with van der Waals surface area (Å²) in [5, 5.41) is 13.1. The molecule has 1 aromatic carbocycles. The summed E-state index contributed by atoms with van der Waals surface area (Å²) in [6.45, 7) is 0.164. The molecule has 0 fully saturated rings. The van der Waals surface area contributed by atoms with Gasteiger partial charge < -0.3 is 15.8 Å². The summed E-state index contributed by atoms with van der Waals surface area (Å²) in [6, 6.07) is 10.5. The van der Waals surface area contributed by atoms with E-state index in [1.54, 1.807) is 0 Å². The third-order valence-corrected chi connectivity index (χ3v) is 2.87. The molecule has 0 aliphatic carbocycles. The van der Waals surface area contributed by atoms with E-state index in [-0.39, 0.29) is 30.2 Å². The number of aromatic nitrogens is 1. The minimum Gasteiger partial charge on any atom is -0.445 e. The Hall–Kier alpha value is -3.60. The first-order valence-corrected chi connectivity index (χ1v) is 6.89. The van der Waals surface area contributed by atoms with Gasteiger partial charge in [-0.2, -0.15) is 0 Å². The predicted octanol–water partition coefficient (Wildman–Crippen LogP) is 1.85. The fourth-order valence-corrected chi connectivity index (χ4v) is 1.69. The topological polar surface area (TPSA) is 120 Å². The van der Waals surface area contributed by atoms with Crippen LogP contribution in [0.15, 0.2) is 42.6 Å². The highest BCUT2D eigenvalue weighted by atomic mass is 16.6. The average molecular weight is 326 g/mol. The summed E-state index contributed by atoms with van der Waals surface area (Å²) >= 11 is 0. The van der Waals surface area contributed by atoms with E-state index in [1.807, 2.05) is 30.3 Å². The summed E-state index contributed by atoms with van der Waals surface area (Å²) in [7, 11) is 0. The second-order valence-electron chi connectivity index (χ2n) is 4.60. The Labute approximate surface area is 137 Å². The molecule has 0 saturated heterocycles. The zero-order valence-corrected chi connectivity index (χ0v) is 12.6. The minimum absolute atomic E-state index is 0.00968. The van der Waals surface area contributed by atoms with Gasteiger partial charge in [-0.3, -0.25) is 10.1 Å². The third-order valence-electron chi connectivity index (χ3n) is 2.87. The monoisotopic (exact) mass is 326 g/mol. The van der Waals surface area contributed by atoms with E-state index < -0.39 is 11.0 Å². The maximum Gasteiger partial charge on any atom is 0.408 e. The van der Waals surface area contributed by atoms with E-state index in [0.29, 0.717) is 0 Å². The molecule has 0 atom stereocenters. The van der Waals surface area contributed by atoms with Gasteiger partial charge in [-0.05, 0) is 5.56 Å². The minimum atomic E-state index is -0.613. The van der Waals surface area contributed by atoms with E-state index in [0.717, 1.165) is 11.8 Å². The summed E-state index contributed by atoms with van der Waals surface area (Å²) < 4.78 is 5.01. The van der Waals surface area contributed by atoms with Crippen molar-refractivity contribution in [3.05, 3.63) is 63.8 Å². The van der Waals surface area contributed by atoms with Crippen molar-refractivity contribution in [1.29, 1.82) is 0 Å². The number of rotatable bonds is 4. The predicted molar refractivity (Wildman–Crippen MR) is 86.8 cm³/mol. The van der Waals surface area contributed by atoms with Gasteiger partial charge in [-0.1, -0.05) is 42.2 Å². The lowest BCUT2D eigenvalue weighted by molar-refractivity contribution is -0.385. The number of nitrogen functional groups attached to an aromatic ring is 1. The first-order valence-electron chi connectivity index (χ1n) is 6.89. The molecule has 3 N–H and O–H groups in total. The SMILES string of the molecule is Nc1ncc([N+](=O)[O-])cc1C#CCNC(=O)OCc1ccccc1. The standard InChI is InChI=1S/C16H14N4O4/c17-15-13(9-14(10-19-15)20(22)23)7-4-8-18-16(21)24-11-12-5-2-1-3-6-12/h1-3,5-6,9-10H,8,11H2,(H2,17,19)(H,18,21). The molecule has 8 heteroatoms. The van der Waals surface area contributed by atoms with Crippen LogP contribution in [-0.4, -0.2) is 22.5 Å². The molecule has 1 amide bonds. The number of nitrogens with one attached hydrogen (secondary N) is 1. The number of pyridine rings is 1. The van der Waals surface area contributed by atoms with Crippen molar-refractivity contribution in [2.45, 2.75) is 6.61 Å². The fourth-order valence-electron chi connectivity index (χ4n) is 1.69. The Balaban J connectivity index is 1.84. The Morgan fingerprint density at radius 2 is 2.12 bits per heavy atom. The molecule has 1 aromatic heterocycles. The largest absolute Gasteiger partial charge is 0.445 e. The molecule has 0 spiro atoms. The van der Waals surface area contributed by atoms with Gasteiger partial charge in [0.2, 0.25) is 0 Å². The Morgan fingerprint density at radius 3 is 2.83 bits per heavy atom. The second-order valence-corrected chi connectivity index (χ2v) is 4.60. The van der Waals surface area contributed by atoms with Gasteiger partial charge in [0.05, 0.1) is 17.0 Å². The lowest BCUT2D eigenvalue weighted by Crippen LogP contribution is -2.24. The highest BCUT2D eigenvalue weighted by Crippen LogP contribution is 2.15. The summed E-state index contributed by atoms with van der Waals surface area (Å²) in [4.78, 5) is 25.3. The summed E-state index contributed by atoms with van der Waals surface area (Å²) in [5.41, 5.74) is 6.49. The van der Waals surface area contributed by atoms with Crippen molar-refractivity contribution in [1.82, 2.24) is 10.3 Å². The number of nitrogens with two attached hydrogens (primary N) is 1. The number of anilines is 1. The first kappa shape index (κ1) is 16.8. The first-order chi connectivity index (χ1) is 11.6. The number of carbonyl (C=O) groups is 1. The zero-order valence-electron chi connectivity index (χ0n) is 12.6. The van der Waals surface area contributed by atoms with Crippen LogP contribution in [0.4, 0.5) is 16.3 Å². The van der Waals surface area contributed by atoms with Crippen LogP contribution < -0.4 is 11.1 Å². The van der Waals surface area contributed by atoms with Gasteiger partial charge in [-0.15, -0.1) is 0 Å². The van der Waals surface area contributed by atoms with Crippen LogP contribution in [0, 0.1) is 22.0 Å². The number of nitrogens with zero attached hydrogens (tertiary/aromatic N) is 2. The quantitative estimate of drug-likeness (QED) is 0.502. The molecule has 0 unspecified atom stereocenters. The van der Waals surface area contributed by atoms with Crippen molar-refractivity contribution in [3.63, 3.8) is 0 Å². The maximum absolute atomic E-state index is 11.5. The Bertz CT molecular complexity index is 797. The van der Waals surface area contributed by atoms with E-state index in [1.165, 1.54) is 6.07 Å². The van der Waals surface area contributed by atoms with Gasteiger partial charge >= 0.3 is 6.09 Å². The van der Waals surface area contributed by atoms with Crippen molar-refractivity contribution in [3.8, 4) is 11.8 Å². The molecule has 2 aromatic rings. The number of ether oxygens (including phenoxy) is 1. The highest BCUT2D eigenvalue weighted by molar-refractivity contribution is 5.67. The number of benzene rings is 1. The van der Waals surface area contributed by atoms with E-state index in [2.05, 4.69) is 22.1 Å². The van der Waals surface area contributed by atoms with Crippen LogP contribution >= 0.6 is 0 Å². The number of nitro groups is 1. The Kier molecular flexibility index (Phi) is 5.69. The zero-order chi connectivity index (χ0) is 17.4.